The third kappa shape index (κ3) is 5.74. The van der Waals surface area contributed by atoms with Gasteiger partial charge in [-0.05, 0) is 50.7 Å². The summed E-state index contributed by atoms with van der Waals surface area (Å²) in [6.45, 7) is 5.69. The molecule has 0 bridgehead atoms. The molecule has 0 saturated carbocycles. The van der Waals surface area contributed by atoms with Crippen molar-refractivity contribution < 1.29 is 0 Å². The molecule has 0 amide bonds. The van der Waals surface area contributed by atoms with E-state index in [4.69, 9.17) is 11.6 Å². The highest BCUT2D eigenvalue weighted by atomic mass is 35.5. The minimum absolute atomic E-state index is 0.751. The number of halogens is 1. The van der Waals surface area contributed by atoms with E-state index in [9.17, 15) is 0 Å². The molecule has 0 aromatic carbocycles. The third-order valence-electron chi connectivity index (χ3n) is 2.96. The molecule has 0 fully saturated rings. The Morgan fingerprint density at radius 2 is 2.41 bits per heavy atom. The van der Waals surface area contributed by atoms with Crippen molar-refractivity contribution in [2.45, 2.75) is 32.6 Å². The van der Waals surface area contributed by atoms with Crippen LogP contribution in [0.4, 0.5) is 0 Å². The van der Waals surface area contributed by atoms with Crippen molar-refractivity contribution in [1.29, 1.82) is 0 Å². The van der Waals surface area contributed by atoms with E-state index in [0.717, 1.165) is 17.4 Å². The maximum atomic E-state index is 5.95. The molecule has 1 aliphatic rings. The molecule has 1 aliphatic carbocycles. The molecule has 1 unspecified atom stereocenters. The monoisotopic (exact) mass is 248 g/mol. The van der Waals surface area contributed by atoms with Gasteiger partial charge in [0.05, 0.1) is 0 Å². The van der Waals surface area contributed by atoms with Gasteiger partial charge in [-0.25, -0.2) is 0 Å². The van der Waals surface area contributed by atoms with E-state index in [1.54, 1.807) is 6.08 Å². The zero-order valence-corrected chi connectivity index (χ0v) is 11.3. The first-order valence-corrected chi connectivity index (χ1v) is 6.60. The lowest BCUT2D eigenvalue weighted by Crippen LogP contribution is -2.03. The second-order valence-electron chi connectivity index (χ2n) is 4.34. The molecule has 0 aromatic rings. The van der Waals surface area contributed by atoms with E-state index in [0.29, 0.717) is 0 Å². The van der Waals surface area contributed by atoms with Crippen molar-refractivity contribution in [1.82, 2.24) is 0 Å². The molecule has 0 saturated heterocycles. The van der Waals surface area contributed by atoms with Gasteiger partial charge in [0.15, 0.2) is 0 Å². The van der Waals surface area contributed by atoms with Crippen molar-refractivity contribution in [2.75, 3.05) is 0 Å². The van der Waals surface area contributed by atoms with Gasteiger partial charge in [-0.1, -0.05) is 54.1 Å². The van der Waals surface area contributed by atoms with Gasteiger partial charge in [0, 0.05) is 5.03 Å². The lowest BCUT2D eigenvalue weighted by Gasteiger charge is -2.19. The van der Waals surface area contributed by atoms with Gasteiger partial charge >= 0.3 is 0 Å². The molecule has 0 aromatic heterocycles. The number of rotatable bonds is 5. The Kier molecular flexibility index (Phi) is 6.73. The van der Waals surface area contributed by atoms with Crippen LogP contribution in [0.15, 0.2) is 59.7 Å². The molecule has 1 atom stereocenters. The predicted octanol–water partition coefficient (Wildman–Crippen LogP) is 5.54. The van der Waals surface area contributed by atoms with Gasteiger partial charge in [0.25, 0.3) is 0 Å². The smallest absolute Gasteiger partial charge is 0.0402 e. The second kappa shape index (κ2) is 8.14. The normalized spacial score (nSPS) is 22.1. The molecule has 1 heteroatoms. The molecule has 0 spiro atoms. The van der Waals surface area contributed by atoms with Crippen molar-refractivity contribution in [2.24, 2.45) is 5.92 Å². The lowest BCUT2D eigenvalue weighted by molar-refractivity contribution is 0.479. The molecule has 17 heavy (non-hydrogen) atoms. The predicted molar refractivity (Wildman–Crippen MR) is 78.1 cm³/mol. The molecular formula is C16H21Cl. The van der Waals surface area contributed by atoms with Gasteiger partial charge in [-0.3, -0.25) is 0 Å². The average molecular weight is 249 g/mol. The van der Waals surface area contributed by atoms with E-state index in [2.05, 4.69) is 37.8 Å². The Hall–Kier alpha value is -1.01. The summed E-state index contributed by atoms with van der Waals surface area (Å²) in [5.74, 6) is 0.772. The first-order chi connectivity index (χ1) is 8.26. The maximum absolute atomic E-state index is 5.95. The van der Waals surface area contributed by atoms with Crippen molar-refractivity contribution in [3.63, 3.8) is 0 Å². The fourth-order valence-corrected chi connectivity index (χ4v) is 2.21. The van der Waals surface area contributed by atoms with Gasteiger partial charge in [0.1, 0.15) is 0 Å². The SMILES string of the molecule is C=C/C=C(Cl)\C=C\CC1CC=C(/C=C/C)CC1. The van der Waals surface area contributed by atoms with E-state index in [-0.39, 0.29) is 0 Å². The molecule has 0 heterocycles. The van der Waals surface area contributed by atoms with Crippen LogP contribution in [0.3, 0.4) is 0 Å². The van der Waals surface area contributed by atoms with E-state index in [1.807, 2.05) is 12.2 Å². The highest BCUT2D eigenvalue weighted by Crippen LogP contribution is 2.27. The van der Waals surface area contributed by atoms with Crippen LogP contribution in [0.1, 0.15) is 32.6 Å². The minimum atomic E-state index is 0.751. The van der Waals surface area contributed by atoms with Crippen LogP contribution >= 0.6 is 11.6 Å². The minimum Gasteiger partial charge on any atom is -0.0990 e. The largest absolute Gasteiger partial charge is 0.0990 e. The highest BCUT2D eigenvalue weighted by Gasteiger charge is 2.11. The van der Waals surface area contributed by atoms with Crippen molar-refractivity contribution >= 4 is 11.6 Å². The van der Waals surface area contributed by atoms with E-state index in [1.165, 1.54) is 24.8 Å². The topological polar surface area (TPSA) is 0 Å². The van der Waals surface area contributed by atoms with Crippen LogP contribution in [-0.4, -0.2) is 0 Å². The maximum Gasteiger partial charge on any atom is 0.0402 e. The van der Waals surface area contributed by atoms with Gasteiger partial charge in [0.2, 0.25) is 0 Å². The van der Waals surface area contributed by atoms with Crippen molar-refractivity contribution in [3.8, 4) is 0 Å². The zero-order valence-electron chi connectivity index (χ0n) is 10.5. The second-order valence-corrected chi connectivity index (χ2v) is 4.78. The summed E-state index contributed by atoms with van der Waals surface area (Å²) in [7, 11) is 0. The Balaban J connectivity index is 2.36. The van der Waals surface area contributed by atoms with Gasteiger partial charge < -0.3 is 0 Å². The number of hydrogen-bond donors (Lipinski definition) is 0. The molecule has 0 N–H and O–H groups in total. The molecule has 92 valence electrons. The van der Waals surface area contributed by atoms with Gasteiger partial charge in [-0.2, -0.15) is 0 Å². The first kappa shape index (κ1) is 14.1. The van der Waals surface area contributed by atoms with E-state index >= 15 is 0 Å². The Labute approximate surface area is 110 Å². The van der Waals surface area contributed by atoms with Crippen LogP contribution in [0.25, 0.3) is 0 Å². The molecule has 0 radical (unpaired) electrons. The van der Waals surface area contributed by atoms with Crippen LogP contribution in [0, 0.1) is 5.92 Å². The summed E-state index contributed by atoms with van der Waals surface area (Å²) in [5, 5.41) is 0.751. The van der Waals surface area contributed by atoms with Crippen LogP contribution in [-0.2, 0) is 0 Å². The summed E-state index contributed by atoms with van der Waals surface area (Å²) in [6, 6.07) is 0. The van der Waals surface area contributed by atoms with E-state index < -0.39 is 0 Å². The average Bonchev–Trinajstić information content (AvgIpc) is 2.32. The lowest BCUT2D eigenvalue weighted by atomic mass is 9.87. The summed E-state index contributed by atoms with van der Waals surface area (Å²) < 4.78 is 0. The first-order valence-electron chi connectivity index (χ1n) is 6.22. The molecule has 1 rings (SSSR count). The fraction of sp³-hybridized carbons (Fsp3) is 0.375. The quantitative estimate of drug-likeness (QED) is 0.560. The summed E-state index contributed by atoms with van der Waals surface area (Å²) in [6.07, 6.45) is 19.1. The molecular weight excluding hydrogens is 228 g/mol. The molecule has 0 aliphatic heterocycles. The summed E-state index contributed by atoms with van der Waals surface area (Å²) >= 11 is 5.95. The number of hydrogen-bond acceptors (Lipinski definition) is 0. The standard InChI is InChI=1S/C16H21Cl/c1-3-6-14-10-12-15(13-11-14)8-5-9-16(17)7-4-2/h3-7,9-10,15H,2,8,11-13H2,1H3/b6-3+,9-5+,16-7+. The third-order valence-corrected chi connectivity index (χ3v) is 3.21. The Morgan fingerprint density at radius 3 is 3.00 bits per heavy atom. The van der Waals surface area contributed by atoms with Crippen molar-refractivity contribution in [3.05, 3.63) is 59.7 Å². The Bertz CT molecular complexity index is 356. The Morgan fingerprint density at radius 1 is 1.59 bits per heavy atom. The summed E-state index contributed by atoms with van der Waals surface area (Å²) in [4.78, 5) is 0. The molecule has 0 nitrogen and oxygen atoms in total. The van der Waals surface area contributed by atoms with Crippen LogP contribution < -0.4 is 0 Å². The highest BCUT2D eigenvalue weighted by molar-refractivity contribution is 6.31. The zero-order chi connectivity index (χ0) is 12.5. The van der Waals surface area contributed by atoms with Crippen LogP contribution in [0.2, 0.25) is 0 Å². The van der Waals surface area contributed by atoms with Gasteiger partial charge in [-0.15, -0.1) is 0 Å². The fourth-order valence-electron chi connectivity index (χ4n) is 2.03. The van der Waals surface area contributed by atoms with Crippen LogP contribution in [0.5, 0.6) is 0 Å². The number of allylic oxidation sites excluding steroid dienone is 9. The summed E-state index contributed by atoms with van der Waals surface area (Å²) in [5.41, 5.74) is 1.48.